The summed E-state index contributed by atoms with van der Waals surface area (Å²) in [6.07, 6.45) is 0.928. The van der Waals surface area contributed by atoms with Crippen LogP contribution in [0.2, 0.25) is 0 Å². The first kappa shape index (κ1) is 14.0. The lowest BCUT2D eigenvalue weighted by molar-refractivity contribution is -0.136. The van der Waals surface area contributed by atoms with Gasteiger partial charge in [0.1, 0.15) is 0 Å². The van der Waals surface area contributed by atoms with Gasteiger partial charge in [-0.15, -0.1) is 11.3 Å². The van der Waals surface area contributed by atoms with Gasteiger partial charge in [-0.25, -0.2) is 4.98 Å². The van der Waals surface area contributed by atoms with Crippen LogP contribution in [0.25, 0.3) is 0 Å². The molecule has 0 aliphatic rings. The quantitative estimate of drug-likeness (QED) is 0.853. The summed E-state index contributed by atoms with van der Waals surface area (Å²) < 4.78 is 0. The van der Waals surface area contributed by atoms with Gasteiger partial charge in [0.15, 0.2) is 5.13 Å². The van der Waals surface area contributed by atoms with E-state index in [0.717, 1.165) is 22.1 Å². The van der Waals surface area contributed by atoms with Gasteiger partial charge in [0.05, 0.1) is 24.6 Å². The minimum atomic E-state index is -0.819. The Kier molecular flexibility index (Phi) is 4.69. The van der Waals surface area contributed by atoms with Gasteiger partial charge < -0.3 is 10.4 Å². The number of aliphatic carboxylic acids is 1. The number of thiazole rings is 1. The van der Waals surface area contributed by atoms with Crippen LogP contribution in [0, 0.1) is 11.3 Å². The summed E-state index contributed by atoms with van der Waals surface area (Å²) in [4.78, 5) is 14.8. The summed E-state index contributed by atoms with van der Waals surface area (Å²) in [5.41, 5.74) is 2.64. The SMILES string of the molecule is N#CCc1ccc(Nc2nc(CCC(=O)O)cs2)cc1. The molecule has 6 heteroatoms. The normalized spacial score (nSPS) is 9.95. The molecule has 1 aromatic carbocycles. The molecule has 0 saturated carbocycles. The summed E-state index contributed by atoms with van der Waals surface area (Å²) in [7, 11) is 0. The molecule has 0 atom stereocenters. The minimum absolute atomic E-state index is 0.0893. The van der Waals surface area contributed by atoms with Crippen LogP contribution in [-0.2, 0) is 17.6 Å². The number of hydrogen-bond donors (Lipinski definition) is 2. The Bertz CT molecular complexity index is 629. The summed E-state index contributed by atoms with van der Waals surface area (Å²) in [6.45, 7) is 0. The fourth-order valence-corrected chi connectivity index (χ4v) is 2.40. The fraction of sp³-hybridized carbons (Fsp3) is 0.214. The number of anilines is 2. The Morgan fingerprint density at radius 2 is 2.15 bits per heavy atom. The van der Waals surface area contributed by atoms with Gasteiger partial charge in [0, 0.05) is 17.5 Å². The third-order valence-corrected chi connectivity index (χ3v) is 3.44. The van der Waals surface area contributed by atoms with Gasteiger partial charge >= 0.3 is 5.97 Å². The first-order chi connectivity index (χ1) is 9.67. The molecule has 0 bridgehead atoms. The molecule has 0 radical (unpaired) electrons. The lowest BCUT2D eigenvalue weighted by atomic mass is 10.1. The van der Waals surface area contributed by atoms with Gasteiger partial charge in [0.25, 0.3) is 0 Å². The molecule has 20 heavy (non-hydrogen) atoms. The van der Waals surface area contributed by atoms with Crippen LogP contribution < -0.4 is 5.32 Å². The highest BCUT2D eigenvalue weighted by Gasteiger charge is 2.05. The molecule has 0 fully saturated rings. The summed E-state index contributed by atoms with van der Waals surface area (Å²) in [5, 5.41) is 23.0. The highest BCUT2D eigenvalue weighted by atomic mass is 32.1. The molecule has 2 aromatic rings. The van der Waals surface area contributed by atoms with E-state index in [1.54, 1.807) is 0 Å². The Morgan fingerprint density at radius 3 is 2.80 bits per heavy atom. The molecule has 2 rings (SSSR count). The molecular formula is C14H13N3O2S. The van der Waals surface area contributed by atoms with E-state index in [1.807, 2.05) is 29.6 Å². The molecule has 1 heterocycles. The molecule has 0 spiro atoms. The maximum atomic E-state index is 10.5. The van der Waals surface area contributed by atoms with Gasteiger partial charge in [-0.3, -0.25) is 4.79 Å². The van der Waals surface area contributed by atoms with Crippen molar-refractivity contribution < 1.29 is 9.90 Å². The number of nitrogens with zero attached hydrogens (tertiary/aromatic N) is 2. The first-order valence-electron chi connectivity index (χ1n) is 6.06. The van der Waals surface area contributed by atoms with Crippen LogP contribution in [0.4, 0.5) is 10.8 Å². The predicted octanol–water partition coefficient (Wildman–Crippen LogP) is 2.97. The number of carboxylic acids is 1. The van der Waals surface area contributed by atoms with E-state index < -0.39 is 5.97 Å². The summed E-state index contributed by atoms with van der Waals surface area (Å²) in [5.74, 6) is -0.819. The summed E-state index contributed by atoms with van der Waals surface area (Å²) >= 11 is 1.44. The number of aryl methyl sites for hydroxylation is 1. The van der Waals surface area contributed by atoms with Crippen molar-refractivity contribution in [1.29, 1.82) is 5.26 Å². The largest absolute Gasteiger partial charge is 0.481 e. The second kappa shape index (κ2) is 6.68. The monoisotopic (exact) mass is 287 g/mol. The average Bonchev–Trinajstić information content (AvgIpc) is 2.87. The van der Waals surface area contributed by atoms with E-state index in [0.29, 0.717) is 12.8 Å². The highest BCUT2D eigenvalue weighted by molar-refractivity contribution is 7.13. The molecule has 5 nitrogen and oxygen atoms in total. The molecule has 1 aromatic heterocycles. The van der Waals surface area contributed by atoms with E-state index in [1.165, 1.54) is 11.3 Å². The Morgan fingerprint density at radius 1 is 1.40 bits per heavy atom. The topological polar surface area (TPSA) is 86.0 Å². The van der Waals surface area contributed by atoms with Crippen LogP contribution >= 0.6 is 11.3 Å². The molecule has 0 amide bonds. The number of aromatic nitrogens is 1. The Balaban J connectivity index is 1.96. The zero-order chi connectivity index (χ0) is 14.4. The number of benzene rings is 1. The summed E-state index contributed by atoms with van der Waals surface area (Å²) in [6, 6.07) is 9.68. The van der Waals surface area contributed by atoms with Crippen molar-refractivity contribution in [2.24, 2.45) is 0 Å². The van der Waals surface area contributed by atoms with Gasteiger partial charge in [-0.05, 0) is 17.7 Å². The second-order valence-electron chi connectivity index (χ2n) is 4.19. The molecule has 0 unspecified atom stereocenters. The van der Waals surface area contributed by atoms with E-state index in [2.05, 4.69) is 16.4 Å². The van der Waals surface area contributed by atoms with Crippen LogP contribution in [0.1, 0.15) is 17.7 Å². The van der Waals surface area contributed by atoms with Crippen molar-refractivity contribution in [3.05, 3.63) is 40.9 Å². The number of nitriles is 1. The zero-order valence-corrected chi connectivity index (χ0v) is 11.5. The van der Waals surface area contributed by atoms with Crippen molar-refractivity contribution in [3.8, 4) is 6.07 Å². The van der Waals surface area contributed by atoms with Crippen molar-refractivity contribution >= 4 is 28.1 Å². The predicted molar refractivity (Wildman–Crippen MR) is 77.1 cm³/mol. The standard InChI is InChI=1S/C14H13N3O2S/c15-8-7-10-1-3-11(4-2-10)16-14-17-12(9-20-14)5-6-13(18)19/h1-4,9H,5-7H2,(H,16,17)(H,18,19). The maximum absolute atomic E-state index is 10.5. The number of carbonyl (C=O) groups is 1. The van der Waals surface area contributed by atoms with Crippen molar-refractivity contribution in [3.63, 3.8) is 0 Å². The Labute approximate surface area is 120 Å². The third-order valence-electron chi connectivity index (χ3n) is 2.64. The smallest absolute Gasteiger partial charge is 0.303 e. The second-order valence-corrected chi connectivity index (χ2v) is 5.05. The molecule has 102 valence electrons. The van der Waals surface area contributed by atoms with E-state index >= 15 is 0 Å². The van der Waals surface area contributed by atoms with E-state index in [4.69, 9.17) is 10.4 Å². The third kappa shape index (κ3) is 4.07. The van der Waals surface area contributed by atoms with Crippen LogP contribution in [-0.4, -0.2) is 16.1 Å². The van der Waals surface area contributed by atoms with E-state index in [-0.39, 0.29) is 6.42 Å². The maximum Gasteiger partial charge on any atom is 0.303 e. The van der Waals surface area contributed by atoms with Crippen LogP contribution in [0.3, 0.4) is 0 Å². The number of hydrogen-bond acceptors (Lipinski definition) is 5. The number of carboxylic acid groups (broad SMARTS) is 1. The first-order valence-corrected chi connectivity index (χ1v) is 6.94. The molecule has 2 N–H and O–H groups in total. The van der Waals surface area contributed by atoms with Crippen LogP contribution in [0.15, 0.2) is 29.6 Å². The lowest BCUT2D eigenvalue weighted by Gasteiger charge is -2.02. The van der Waals surface area contributed by atoms with Crippen LogP contribution in [0.5, 0.6) is 0 Å². The molecular weight excluding hydrogens is 274 g/mol. The molecule has 0 saturated heterocycles. The van der Waals surface area contributed by atoms with Crippen molar-refractivity contribution in [2.75, 3.05) is 5.32 Å². The molecule has 0 aliphatic heterocycles. The van der Waals surface area contributed by atoms with Crippen molar-refractivity contribution in [2.45, 2.75) is 19.3 Å². The number of nitrogens with one attached hydrogen (secondary N) is 1. The van der Waals surface area contributed by atoms with E-state index in [9.17, 15) is 4.79 Å². The molecule has 0 aliphatic carbocycles. The van der Waals surface area contributed by atoms with Crippen molar-refractivity contribution in [1.82, 2.24) is 4.98 Å². The lowest BCUT2D eigenvalue weighted by Crippen LogP contribution is -1.98. The Hall–Kier alpha value is -2.39. The van der Waals surface area contributed by atoms with Gasteiger partial charge in [0.2, 0.25) is 0 Å². The zero-order valence-electron chi connectivity index (χ0n) is 10.7. The number of rotatable bonds is 6. The fourth-order valence-electron chi connectivity index (χ4n) is 1.63. The minimum Gasteiger partial charge on any atom is -0.481 e. The van der Waals surface area contributed by atoms with Gasteiger partial charge in [-0.1, -0.05) is 12.1 Å². The van der Waals surface area contributed by atoms with Gasteiger partial charge in [-0.2, -0.15) is 5.26 Å². The average molecular weight is 287 g/mol. The highest BCUT2D eigenvalue weighted by Crippen LogP contribution is 2.22.